The smallest absolute Gasteiger partial charge is 0.339 e. The predicted molar refractivity (Wildman–Crippen MR) is 112 cm³/mol. The fourth-order valence-electron chi connectivity index (χ4n) is 2.79. The molecule has 0 aromatic heterocycles. The molecule has 3 rings (SSSR count). The van der Waals surface area contributed by atoms with Crippen LogP contribution in [0.25, 0.3) is 0 Å². The van der Waals surface area contributed by atoms with E-state index in [4.69, 9.17) is 9.47 Å². The van der Waals surface area contributed by atoms with Crippen molar-refractivity contribution in [1.29, 1.82) is 0 Å². The monoisotopic (exact) mass is 389 g/mol. The third kappa shape index (κ3) is 5.69. The summed E-state index contributed by atoms with van der Waals surface area (Å²) in [5.41, 5.74) is 3.76. The van der Waals surface area contributed by atoms with Crippen LogP contribution in [0.4, 0.5) is 5.69 Å². The molecular weight excluding hydrogens is 366 g/mol. The Balaban J connectivity index is 1.59. The highest BCUT2D eigenvalue weighted by Gasteiger charge is 2.15. The summed E-state index contributed by atoms with van der Waals surface area (Å²) >= 11 is 0. The predicted octanol–water partition coefficient (Wildman–Crippen LogP) is 4.68. The van der Waals surface area contributed by atoms with E-state index in [0.29, 0.717) is 22.6 Å². The van der Waals surface area contributed by atoms with Gasteiger partial charge in [0.15, 0.2) is 6.61 Å². The maximum atomic E-state index is 12.5. The molecule has 0 heterocycles. The maximum Gasteiger partial charge on any atom is 0.339 e. The number of carbonyl (C=O) groups is 2. The van der Waals surface area contributed by atoms with Crippen molar-refractivity contribution in [3.63, 3.8) is 0 Å². The topological polar surface area (TPSA) is 64.6 Å². The van der Waals surface area contributed by atoms with E-state index in [0.717, 1.165) is 11.1 Å². The van der Waals surface area contributed by atoms with Gasteiger partial charge in [-0.1, -0.05) is 48.5 Å². The van der Waals surface area contributed by atoms with Crippen LogP contribution in [0, 0.1) is 13.8 Å². The number of ether oxygens (including phenoxy) is 2. The highest BCUT2D eigenvalue weighted by Crippen LogP contribution is 2.17. The summed E-state index contributed by atoms with van der Waals surface area (Å²) in [4.78, 5) is 24.7. The van der Waals surface area contributed by atoms with Crippen LogP contribution in [0.3, 0.4) is 0 Å². The normalized spacial score (nSPS) is 10.3. The van der Waals surface area contributed by atoms with Gasteiger partial charge in [0, 0.05) is 11.3 Å². The van der Waals surface area contributed by atoms with E-state index < -0.39 is 5.97 Å². The summed E-state index contributed by atoms with van der Waals surface area (Å²) in [7, 11) is 0. The lowest BCUT2D eigenvalue weighted by Crippen LogP contribution is -2.22. The second-order valence-corrected chi connectivity index (χ2v) is 6.70. The number of anilines is 1. The van der Waals surface area contributed by atoms with Gasteiger partial charge in [-0.3, -0.25) is 4.79 Å². The van der Waals surface area contributed by atoms with Gasteiger partial charge < -0.3 is 14.8 Å². The molecule has 0 aliphatic heterocycles. The molecule has 5 heteroatoms. The fraction of sp³-hybridized carbons (Fsp3) is 0.167. The number of para-hydroxylation sites is 1. The van der Waals surface area contributed by atoms with Crippen LogP contribution in [0.5, 0.6) is 5.75 Å². The van der Waals surface area contributed by atoms with Crippen molar-refractivity contribution < 1.29 is 19.1 Å². The van der Waals surface area contributed by atoms with Crippen molar-refractivity contribution >= 4 is 17.6 Å². The van der Waals surface area contributed by atoms with E-state index in [1.807, 2.05) is 68.4 Å². The summed E-state index contributed by atoms with van der Waals surface area (Å²) in [5, 5.41) is 2.78. The number of aryl methyl sites for hydroxylation is 2. The van der Waals surface area contributed by atoms with E-state index in [2.05, 4.69) is 5.32 Å². The third-order valence-corrected chi connectivity index (χ3v) is 4.38. The van der Waals surface area contributed by atoms with Gasteiger partial charge in [-0.05, 0) is 49.2 Å². The molecule has 3 aromatic rings. The van der Waals surface area contributed by atoms with E-state index in [-0.39, 0.29) is 19.1 Å². The van der Waals surface area contributed by atoms with E-state index in [1.54, 1.807) is 18.2 Å². The maximum absolute atomic E-state index is 12.5. The standard InChI is InChI=1S/C24H23NO4/c1-17-12-13-18(2)22(14-17)25-23(26)16-29-24(27)21-11-7-6-8-19(21)15-28-20-9-4-3-5-10-20/h3-14H,15-16H2,1-2H3,(H,25,26). The van der Waals surface area contributed by atoms with Gasteiger partial charge in [-0.25, -0.2) is 4.79 Å². The molecule has 0 fully saturated rings. The first-order valence-corrected chi connectivity index (χ1v) is 9.33. The quantitative estimate of drug-likeness (QED) is 0.596. The summed E-state index contributed by atoms with van der Waals surface area (Å²) in [6, 6.07) is 22.2. The number of hydrogen-bond donors (Lipinski definition) is 1. The van der Waals surface area contributed by atoms with Gasteiger partial charge in [0.2, 0.25) is 0 Å². The summed E-state index contributed by atoms with van der Waals surface area (Å²) in [5.74, 6) is -0.234. The molecular formula is C24H23NO4. The minimum absolute atomic E-state index is 0.226. The number of rotatable bonds is 7. The fourth-order valence-corrected chi connectivity index (χ4v) is 2.79. The Kier molecular flexibility index (Phi) is 6.63. The second kappa shape index (κ2) is 9.55. The van der Waals surface area contributed by atoms with Crippen LogP contribution in [0.1, 0.15) is 27.0 Å². The molecule has 3 aromatic carbocycles. The first kappa shape index (κ1) is 20.1. The Labute approximate surface area is 170 Å². The van der Waals surface area contributed by atoms with Crippen LogP contribution in [-0.4, -0.2) is 18.5 Å². The van der Waals surface area contributed by atoms with Gasteiger partial charge in [0.25, 0.3) is 5.91 Å². The van der Waals surface area contributed by atoms with E-state index >= 15 is 0 Å². The third-order valence-electron chi connectivity index (χ3n) is 4.38. The first-order valence-electron chi connectivity index (χ1n) is 9.33. The Bertz CT molecular complexity index is 999. The molecule has 0 bridgehead atoms. The first-order chi connectivity index (χ1) is 14.0. The molecule has 0 saturated heterocycles. The van der Waals surface area contributed by atoms with Gasteiger partial charge >= 0.3 is 5.97 Å². The Morgan fingerprint density at radius 3 is 2.41 bits per heavy atom. The van der Waals surface area contributed by atoms with Crippen LogP contribution in [0.2, 0.25) is 0 Å². The van der Waals surface area contributed by atoms with Gasteiger partial charge in [0.1, 0.15) is 12.4 Å². The number of carbonyl (C=O) groups excluding carboxylic acids is 2. The Morgan fingerprint density at radius 1 is 0.897 bits per heavy atom. The van der Waals surface area contributed by atoms with Gasteiger partial charge in [-0.15, -0.1) is 0 Å². The number of nitrogens with one attached hydrogen (secondary N) is 1. The molecule has 148 valence electrons. The minimum Gasteiger partial charge on any atom is -0.489 e. The van der Waals surface area contributed by atoms with Crippen molar-refractivity contribution in [2.45, 2.75) is 20.5 Å². The summed E-state index contributed by atoms with van der Waals surface area (Å²) < 4.78 is 10.9. The lowest BCUT2D eigenvalue weighted by atomic mass is 10.1. The van der Waals surface area contributed by atoms with Crippen LogP contribution < -0.4 is 10.1 Å². The van der Waals surface area contributed by atoms with Crippen LogP contribution in [-0.2, 0) is 16.1 Å². The largest absolute Gasteiger partial charge is 0.489 e. The molecule has 0 unspecified atom stereocenters. The molecule has 0 aliphatic rings. The highest BCUT2D eigenvalue weighted by molar-refractivity contribution is 5.96. The number of hydrogen-bond acceptors (Lipinski definition) is 4. The second-order valence-electron chi connectivity index (χ2n) is 6.70. The molecule has 0 atom stereocenters. The lowest BCUT2D eigenvalue weighted by Gasteiger charge is -2.12. The van der Waals surface area contributed by atoms with Crippen molar-refractivity contribution in [1.82, 2.24) is 0 Å². The Hall–Kier alpha value is -3.60. The molecule has 5 nitrogen and oxygen atoms in total. The molecule has 0 saturated carbocycles. The number of benzene rings is 3. The van der Waals surface area contributed by atoms with Crippen molar-refractivity contribution in [3.05, 3.63) is 95.1 Å². The highest BCUT2D eigenvalue weighted by atomic mass is 16.5. The van der Waals surface area contributed by atoms with Crippen LogP contribution >= 0.6 is 0 Å². The van der Waals surface area contributed by atoms with Crippen molar-refractivity contribution in [3.8, 4) is 5.75 Å². The zero-order valence-electron chi connectivity index (χ0n) is 16.5. The van der Waals surface area contributed by atoms with Crippen molar-refractivity contribution in [2.24, 2.45) is 0 Å². The SMILES string of the molecule is Cc1ccc(C)c(NC(=O)COC(=O)c2ccccc2COc2ccccc2)c1. The van der Waals surface area contributed by atoms with Crippen molar-refractivity contribution in [2.75, 3.05) is 11.9 Å². The average Bonchev–Trinajstić information content (AvgIpc) is 2.74. The van der Waals surface area contributed by atoms with Crippen LogP contribution in [0.15, 0.2) is 72.8 Å². The number of amides is 1. The van der Waals surface area contributed by atoms with E-state index in [1.165, 1.54) is 0 Å². The minimum atomic E-state index is -0.562. The molecule has 0 spiro atoms. The molecule has 29 heavy (non-hydrogen) atoms. The lowest BCUT2D eigenvalue weighted by molar-refractivity contribution is -0.119. The number of esters is 1. The molecule has 0 aliphatic carbocycles. The molecule has 1 amide bonds. The van der Waals surface area contributed by atoms with E-state index in [9.17, 15) is 9.59 Å². The Morgan fingerprint density at radius 2 is 1.62 bits per heavy atom. The average molecular weight is 389 g/mol. The zero-order valence-corrected chi connectivity index (χ0v) is 16.5. The van der Waals surface area contributed by atoms with Gasteiger partial charge in [-0.2, -0.15) is 0 Å². The summed E-state index contributed by atoms with van der Waals surface area (Å²) in [6.45, 7) is 3.72. The molecule has 0 radical (unpaired) electrons. The molecule has 1 N–H and O–H groups in total. The summed E-state index contributed by atoms with van der Waals surface area (Å²) in [6.07, 6.45) is 0. The zero-order chi connectivity index (χ0) is 20.6. The van der Waals surface area contributed by atoms with Gasteiger partial charge in [0.05, 0.1) is 5.56 Å².